The van der Waals surface area contributed by atoms with E-state index in [-0.39, 0.29) is 0 Å². The van der Waals surface area contributed by atoms with Crippen LogP contribution in [0.4, 0.5) is 0 Å². The minimum atomic E-state index is 0.611. The zero-order valence-corrected chi connectivity index (χ0v) is 11.2. The fourth-order valence-corrected chi connectivity index (χ4v) is 2.04. The normalized spacial score (nSPS) is 13.3. The van der Waals surface area contributed by atoms with Crippen LogP contribution >= 0.6 is 0 Å². The molecule has 1 aromatic carbocycles. The fraction of sp³-hybridized carbons (Fsp3) is 0.467. The molecule has 0 atom stereocenters. The number of likely N-dealkylation sites (N-methyl/N-ethyl adjacent to an activating group) is 1. The Morgan fingerprint density at radius 2 is 2.22 bits per heavy atom. The molecule has 98 valence electrons. The first-order valence-electron chi connectivity index (χ1n) is 6.60. The van der Waals surface area contributed by atoms with Crippen LogP contribution in [0.25, 0.3) is 12.0 Å². The summed E-state index contributed by atoms with van der Waals surface area (Å²) in [6.07, 6.45) is 5.35. The van der Waals surface area contributed by atoms with E-state index < -0.39 is 0 Å². The molecule has 0 unspecified atom stereocenters. The van der Waals surface area contributed by atoms with Gasteiger partial charge in [-0.15, -0.1) is 0 Å². The second kappa shape index (κ2) is 6.34. The van der Waals surface area contributed by atoms with Gasteiger partial charge in [0.05, 0.1) is 18.6 Å². The molecule has 3 nitrogen and oxygen atoms in total. The molecule has 0 radical (unpaired) electrons. The first kappa shape index (κ1) is 12.8. The molecule has 0 saturated carbocycles. The molecule has 0 fully saturated rings. The van der Waals surface area contributed by atoms with Gasteiger partial charge < -0.3 is 14.8 Å². The molecular formula is C15H21NO2. The highest BCUT2D eigenvalue weighted by molar-refractivity contribution is 5.48. The Morgan fingerprint density at radius 1 is 1.33 bits per heavy atom. The van der Waals surface area contributed by atoms with Gasteiger partial charge in [0.1, 0.15) is 12.4 Å². The maximum atomic E-state index is 5.74. The molecule has 1 heterocycles. The van der Waals surface area contributed by atoms with E-state index in [0.29, 0.717) is 6.61 Å². The number of benzene rings is 1. The fourth-order valence-electron chi connectivity index (χ4n) is 2.04. The highest BCUT2D eigenvalue weighted by Gasteiger charge is 2.04. The summed E-state index contributed by atoms with van der Waals surface area (Å²) in [4.78, 5) is 0. The van der Waals surface area contributed by atoms with Gasteiger partial charge in [-0.2, -0.15) is 0 Å². The van der Waals surface area contributed by atoms with Crippen molar-refractivity contribution >= 4 is 12.0 Å². The zero-order chi connectivity index (χ0) is 12.8. The Kier molecular flexibility index (Phi) is 4.51. The van der Waals surface area contributed by atoms with E-state index in [0.717, 1.165) is 29.7 Å². The van der Waals surface area contributed by atoms with E-state index in [9.17, 15) is 0 Å². The molecule has 3 heteroatoms. The number of nitrogens with one attached hydrogen (secondary N) is 1. The molecule has 0 amide bonds. The molecule has 1 aliphatic rings. The van der Waals surface area contributed by atoms with Crippen molar-refractivity contribution in [1.82, 2.24) is 5.32 Å². The smallest absolute Gasteiger partial charge is 0.127 e. The number of ether oxygens (including phenoxy) is 2. The lowest BCUT2D eigenvalue weighted by atomic mass is 10.2. The molecule has 1 N–H and O–H groups in total. The molecule has 0 aromatic heterocycles. The van der Waals surface area contributed by atoms with Crippen LogP contribution in [0.1, 0.15) is 26.2 Å². The van der Waals surface area contributed by atoms with Crippen LogP contribution < -0.4 is 20.5 Å². The molecule has 1 aliphatic heterocycles. The number of hydrogen-bond acceptors (Lipinski definition) is 3. The molecule has 0 bridgehead atoms. The standard InChI is InChI=1S/C15H21NO2/c1-3-4-5-8-18-13-6-7-14-12(9-13)10-17-11-15(14)16-2/h6-7,9-10,16H,3-5,8,11H2,1-2H3. The van der Waals surface area contributed by atoms with Gasteiger partial charge in [0, 0.05) is 17.5 Å². The molecule has 18 heavy (non-hydrogen) atoms. The Labute approximate surface area is 108 Å². The highest BCUT2D eigenvalue weighted by Crippen LogP contribution is 2.07. The predicted octanol–water partition coefficient (Wildman–Crippen LogP) is 1.35. The third-order valence-electron chi connectivity index (χ3n) is 3.10. The zero-order valence-electron chi connectivity index (χ0n) is 11.2. The van der Waals surface area contributed by atoms with Crippen molar-refractivity contribution in [2.45, 2.75) is 26.2 Å². The maximum Gasteiger partial charge on any atom is 0.127 e. The topological polar surface area (TPSA) is 30.5 Å². The predicted molar refractivity (Wildman–Crippen MR) is 73.6 cm³/mol. The first-order valence-corrected chi connectivity index (χ1v) is 6.60. The van der Waals surface area contributed by atoms with Gasteiger partial charge in [-0.05, 0) is 24.6 Å². The largest absolute Gasteiger partial charge is 0.494 e. The highest BCUT2D eigenvalue weighted by atomic mass is 16.5. The van der Waals surface area contributed by atoms with E-state index in [1.54, 1.807) is 6.26 Å². The third-order valence-corrected chi connectivity index (χ3v) is 3.10. The summed E-state index contributed by atoms with van der Waals surface area (Å²) in [5.41, 5.74) is 1.12. The lowest BCUT2D eigenvalue weighted by Gasteiger charge is -2.13. The lowest BCUT2D eigenvalue weighted by Crippen LogP contribution is -2.35. The van der Waals surface area contributed by atoms with Crippen LogP contribution in [-0.4, -0.2) is 20.3 Å². The summed E-state index contributed by atoms with van der Waals surface area (Å²) in [7, 11) is 1.92. The lowest BCUT2D eigenvalue weighted by molar-refractivity contribution is 0.305. The van der Waals surface area contributed by atoms with Crippen molar-refractivity contribution in [2.24, 2.45) is 0 Å². The summed E-state index contributed by atoms with van der Waals surface area (Å²) in [6, 6.07) is 6.16. The Morgan fingerprint density at radius 3 is 3.00 bits per heavy atom. The minimum Gasteiger partial charge on any atom is -0.494 e. The summed E-state index contributed by atoms with van der Waals surface area (Å²) in [6.45, 7) is 3.59. The number of fused-ring (bicyclic) bond motifs is 1. The summed E-state index contributed by atoms with van der Waals surface area (Å²) >= 11 is 0. The van der Waals surface area contributed by atoms with E-state index in [4.69, 9.17) is 9.47 Å². The van der Waals surface area contributed by atoms with Gasteiger partial charge in [-0.3, -0.25) is 0 Å². The Balaban J connectivity index is 2.13. The van der Waals surface area contributed by atoms with Gasteiger partial charge in [-0.1, -0.05) is 19.8 Å². The molecule has 0 aliphatic carbocycles. The van der Waals surface area contributed by atoms with E-state index in [2.05, 4.69) is 18.3 Å². The van der Waals surface area contributed by atoms with Crippen molar-refractivity contribution < 1.29 is 9.47 Å². The van der Waals surface area contributed by atoms with E-state index in [1.165, 1.54) is 18.1 Å². The van der Waals surface area contributed by atoms with Crippen molar-refractivity contribution in [3.05, 3.63) is 28.6 Å². The van der Waals surface area contributed by atoms with E-state index in [1.807, 2.05) is 19.2 Å². The van der Waals surface area contributed by atoms with Gasteiger partial charge in [0.25, 0.3) is 0 Å². The van der Waals surface area contributed by atoms with Crippen molar-refractivity contribution in [2.75, 3.05) is 20.3 Å². The number of unbranched alkanes of at least 4 members (excludes halogenated alkanes) is 2. The summed E-state index contributed by atoms with van der Waals surface area (Å²) < 4.78 is 11.2. The van der Waals surface area contributed by atoms with Crippen LogP contribution in [0.2, 0.25) is 0 Å². The third kappa shape index (κ3) is 2.97. The van der Waals surface area contributed by atoms with Crippen LogP contribution in [-0.2, 0) is 4.74 Å². The quantitative estimate of drug-likeness (QED) is 0.770. The molecular weight excluding hydrogens is 226 g/mol. The van der Waals surface area contributed by atoms with Crippen molar-refractivity contribution in [1.29, 1.82) is 0 Å². The Hall–Kier alpha value is -1.64. The molecule has 0 spiro atoms. The van der Waals surface area contributed by atoms with Crippen LogP contribution in [0.3, 0.4) is 0 Å². The second-order valence-electron chi connectivity index (χ2n) is 4.46. The average molecular weight is 247 g/mol. The molecule has 2 rings (SSSR count). The van der Waals surface area contributed by atoms with Gasteiger partial charge >= 0.3 is 0 Å². The summed E-state index contributed by atoms with van der Waals surface area (Å²) in [5.74, 6) is 0.919. The summed E-state index contributed by atoms with van der Waals surface area (Å²) in [5, 5.41) is 5.45. The van der Waals surface area contributed by atoms with E-state index >= 15 is 0 Å². The maximum absolute atomic E-state index is 5.74. The first-order chi connectivity index (χ1) is 8.85. The molecule has 0 saturated heterocycles. The minimum absolute atomic E-state index is 0.611. The number of rotatable bonds is 6. The van der Waals surface area contributed by atoms with Gasteiger partial charge in [-0.25, -0.2) is 0 Å². The van der Waals surface area contributed by atoms with Crippen molar-refractivity contribution in [3.63, 3.8) is 0 Å². The number of hydrogen-bond donors (Lipinski definition) is 1. The van der Waals surface area contributed by atoms with Gasteiger partial charge in [0.15, 0.2) is 0 Å². The SMILES string of the molecule is CCCCCOc1ccc2c(c1)=COCC=2NC. The van der Waals surface area contributed by atoms with Crippen LogP contribution in [0, 0.1) is 0 Å². The van der Waals surface area contributed by atoms with Gasteiger partial charge in [0.2, 0.25) is 0 Å². The van der Waals surface area contributed by atoms with Crippen molar-refractivity contribution in [3.8, 4) is 5.75 Å². The van der Waals surface area contributed by atoms with Crippen LogP contribution in [0.15, 0.2) is 18.2 Å². The average Bonchev–Trinajstić information content (AvgIpc) is 2.42. The van der Waals surface area contributed by atoms with Crippen LogP contribution in [0.5, 0.6) is 5.75 Å². The monoisotopic (exact) mass is 247 g/mol. The second-order valence-corrected chi connectivity index (χ2v) is 4.46. The molecule has 1 aromatic rings. The Bertz CT molecular complexity index is 508.